The molecule has 1 fully saturated rings. The van der Waals surface area contributed by atoms with Crippen LogP contribution in [0.15, 0.2) is 53.6 Å². The summed E-state index contributed by atoms with van der Waals surface area (Å²) < 4.78 is 34.1. The number of ether oxygens (including phenoxy) is 1. The van der Waals surface area contributed by atoms with Gasteiger partial charge in [-0.2, -0.15) is 16.1 Å². The van der Waals surface area contributed by atoms with Crippen molar-refractivity contribution in [2.75, 3.05) is 38.3 Å². The first kappa shape index (κ1) is 22.7. The third-order valence-electron chi connectivity index (χ3n) is 5.29. The molecule has 9 nitrogen and oxygen atoms in total. The van der Waals surface area contributed by atoms with E-state index in [4.69, 9.17) is 4.74 Å². The van der Waals surface area contributed by atoms with Crippen molar-refractivity contribution >= 4 is 33.3 Å². The normalized spacial score (nSPS) is 16.2. The van der Waals surface area contributed by atoms with Gasteiger partial charge in [-0.1, -0.05) is 6.07 Å². The fourth-order valence-corrected chi connectivity index (χ4v) is 5.43. The summed E-state index contributed by atoms with van der Waals surface area (Å²) in [6.07, 6.45) is 4.56. The Hall–Kier alpha value is -2.47. The van der Waals surface area contributed by atoms with Gasteiger partial charge in [0.2, 0.25) is 10.0 Å². The molecule has 1 amide bonds. The van der Waals surface area contributed by atoms with Gasteiger partial charge in [0.1, 0.15) is 0 Å². The Morgan fingerprint density at radius 3 is 2.62 bits per heavy atom. The summed E-state index contributed by atoms with van der Waals surface area (Å²) >= 11 is 1.68. The number of benzene rings is 1. The molecular weight excluding hydrogens is 450 g/mol. The van der Waals surface area contributed by atoms with Crippen LogP contribution in [-0.2, 0) is 14.8 Å². The quantitative estimate of drug-likeness (QED) is 0.531. The fraction of sp³-hybridized carbons (Fsp3) is 0.381. The molecule has 32 heavy (non-hydrogen) atoms. The van der Waals surface area contributed by atoms with Gasteiger partial charge in [0, 0.05) is 24.8 Å². The van der Waals surface area contributed by atoms with E-state index in [1.54, 1.807) is 11.8 Å². The van der Waals surface area contributed by atoms with Crippen LogP contribution in [-0.4, -0.2) is 71.5 Å². The SMILES string of the molecule is CSCCC(NC(=O)c1ccc(S(=O)(=O)N2CCOCC2)cc1)c1nnc2ccccn12. The number of fused-ring (bicyclic) bond motifs is 1. The number of aromatic nitrogens is 3. The third-order valence-corrected chi connectivity index (χ3v) is 7.85. The van der Waals surface area contributed by atoms with E-state index in [1.807, 2.05) is 35.1 Å². The van der Waals surface area contributed by atoms with Crippen LogP contribution in [0.2, 0.25) is 0 Å². The van der Waals surface area contributed by atoms with Crippen LogP contribution < -0.4 is 5.32 Å². The number of carbonyl (C=O) groups is 1. The molecule has 1 saturated heterocycles. The first-order valence-electron chi connectivity index (χ1n) is 10.3. The standard InChI is InChI=1S/C21H25N5O4S2/c1-31-15-9-18(20-24-23-19-4-2-3-10-26(19)20)22-21(27)16-5-7-17(8-6-16)32(28,29)25-11-13-30-14-12-25/h2-8,10,18H,9,11-15H2,1H3,(H,22,27). The number of nitrogens with one attached hydrogen (secondary N) is 1. The van der Waals surface area contributed by atoms with Crippen molar-refractivity contribution in [3.63, 3.8) is 0 Å². The fourth-order valence-electron chi connectivity index (χ4n) is 3.55. The molecule has 170 valence electrons. The molecule has 0 radical (unpaired) electrons. The smallest absolute Gasteiger partial charge is 0.251 e. The Morgan fingerprint density at radius 1 is 1.16 bits per heavy atom. The van der Waals surface area contributed by atoms with Crippen molar-refractivity contribution in [1.82, 2.24) is 24.2 Å². The van der Waals surface area contributed by atoms with E-state index in [2.05, 4.69) is 15.5 Å². The highest BCUT2D eigenvalue weighted by molar-refractivity contribution is 7.98. The minimum absolute atomic E-state index is 0.165. The monoisotopic (exact) mass is 475 g/mol. The Labute approximate surface area is 191 Å². The zero-order chi connectivity index (χ0) is 22.6. The molecule has 11 heteroatoms. The number of nitrogens with zero attached hydrogens (tertiary/aromatic N) is 4. The number of hydrogen-bond donors (Lipinski definition) is 1. The molecule has 2 aromatic heterocycles. The van der Waals surface area contributed by atoms with Gasteiger partial charge in [-0.15, -0.1) is 10.2 Å². The first-order valence-corrected chi connectivity index (χ1v) is 13.1. The number of amides is 1. The van der Waals surface area contributed by atoms with Gasteiger partial charge in [-0.05, 0) is 54.8 Å². The van der Waals surface area contributed by atoms with Crippen molar-refractivity contribution in [2.45, 2.75) is 17.4 Å². The summed E-state index contributed by atoms with van der Waals surface area (Å²) in [4.78, 5) is 13.1. The van der Waals surface area contributed by atoms with Crippen LogP contribution in [0.3, 0.4) is 0 Å². The highest BCUT2D eigenvalue weighted by Crippen LogP contribution is 2.21. The summed E-state index contributed by atoms with van der Waals surface area (Å²) in [5.74, 6) is 1.21. The molecule has 1 unspecified atom stereocenters. The second kappa shape index (κ2) is 9.99. The van der Waals surface area contributed by atoms with Gasteiger partial charge >= 0.3 is 0 Å². The largest absolute Gasteiger partial charge is 0.379 e. The minimum atomic E-state index is -3.60. The van der Waals surface area contributed by atoms with E-state index in [0.29, 0.717) is 49.8 Å². The molecule has 1 atom stereocenters. The maximum Gasteiger partial charge on any atom is 0.251 e. The van der Waals surface area contributed by atoms with Crippen LogP contribution in [0.1, 0.15) is 28.6 Å². The van der Waals surface area contributed by atoms with Gasteiger partial charge in [0.05, 0.1) is 24.2 Å². The predicted molar refractivity (Wildman–Crippen MR) is 122 cm³/mol. The Morgan fingerprint density at radius 2 is 1.91 bits per heavy atom. The van der Waals surface area contributed by atoms with Crippen LogP contribution in [0.5, 0.6) is 0 Å². The highest BCUT2D eigenvalue weighted by atomic mass is 32.2. The maximum atomic E-state index is 13.0. The Balaban J connectivity index is 1.52. The lowest BCUT2D eigenvalue weighted by atomic mass is 10.1. The summed E-state index contributed by atoms with van der Waals surface area (Å²) in [5.41, 5.74) is 1.09. The van der Waals surface area contributed by atoms with E-state index < -0.39 is 10.0 Å². The zero-order valence-corrected chi connectivity index (χ0v) is 19.3. The summed E-state index contributed by atoms with van der Waals surface area (Å²) in [7, 11) is -3.60. The number of sulfonamides is 1. The second-order valence-electron chi connectivity index (χ2n) is 7.34. The van der Waals surface area contributed by atoms with Crippen molar-refractivity contribution in [3.05, 3.63) is 60.0 Å². The maximum absolute atomic E-state index is 13.0. The van der Waals surface area contributed by atoms with Gasteiger partial charge in [-0.3, -0.25) is 9.20 Å². The molecule has 0 spiro atoms. The van der Waals surface area contributed by atoms with Gasteiger partial charge in [0.25, 0.3) is 5.91 Å². The van der Waals surface area contributed by atoms with Crippen molar-refractivity contribution in [3.8, 4) is 0 Å². The molecule has 3 aromatic rings. The lowest BCUT2D eigenvalue weighted by Gasteiger charge is -2.26. The highest BCUT2D eigenvalue weighted by Gasteiger charge is 2.27. The van der Waals surface area contributed by atoms with E-state index in [0.717, 1.165) is 5.75 Å². The van der Waals surface area contributed by atoms with Gasteiger partial charge in [0.15, 0.2) is 11.5 Å². The van der Waals surface area contributed by atoms with E-state index in [-0.39, 0.29) is 16.8 Å². The predicted octanol–water partition coefficient (Wildman–Crippen LogP) is 1.97. The number of hydrogen-bond acceptors (Lipinski definition) is 7. The lowest BCUT2D eigenvalue weighted by Crippen LogP contribution is -2.40. The molecule has 3 heterocycles. The van der Waals surface area contributed by atoms with E-state index >= 15 is 0 Å². The Kier molecular flexibility index (Phi) is 7.09. The number of thioether (sulfide) groups is 1. The lowest BCUT2D eigenvalue weighted by molar-refractivity contribution is 0.0730. The van der Waals surface area contributed by atoms with Crippen LogP contribution in [0.4, 0.5) is 0 Å². The molecule has 1 aliphatic rings. The summed E-state index contributed by atoms with van der Waals surface area (Å²) in [6.45, 7) is 1.42. The van der Waals surface area contributed by atoms with Crippen molar-refractivity contribution in [2.24, 2.45) is 0 Å². The number of carbonyl (C=O) groups excluding carboxylic acids is 1. The van der Waals surface area contributed by atoms with Crippen molar-refractivity contribution in [1.29, 1.82) is 0 Å². The van der Waals surface area contributed by atoms with E-state index in [9.17, 15) is 13.2 Å². The van der Waals surface area contributed by atoms with Crippen LogP contribution in [0, 0.1) is 0 Å². The molecule has 1 N–H and O–H groups in total. The van der Waals surface area contributed by atoms with Crippen molar-refractivity contribution < 1.29 is 17.9 Å². The zero-order valence-electron chi connectivity index (χ0n) is 17.7. The minimum Gasteiger partial charge on any atom is -0.379 e. The molecular formula is C21H25N5O4S2. The second-order valence-corrected chi connectivity index (χ2v) is 10.3. The molecule has 4 rings (SSSR count). The molecule has 1 aromatic carbocycles. The summed E-state index contributed by atoms with van der Waals surface area (Å²) in [6, 6.07) is 11.3. The van der Waals surface area contributed by atoms with Crippen LogP contribution in [0.25, 0.3) is 5.65 Å². The van der Waals surface area contributed by atoms with Crippen LogP contribution >= 0.6 is 11.8 Å². The number of pyridine rings is 1. The van der Waals surface area contributed by atoms with Gasteiger partial charge in [-0.25, -0.2) is 8.42 Å². The van der Waals surface area contributed by atoms with Gasteiger partial charge < -0.3 is 10.1 Å². The first-order chi connectivity index (χ1) is 15.5. The average molecular weight is 476 g/mol. The summed E-state index contributed by atoms with van der Waals surface area (Å²) in [5, 5.41) is 11.5. The molecule has 0 aliphatic carbocycles. The average Bonchev–Trinajstić information content (AvgIpc) is 3.26. The number of morpholine rings is 1. The molecule has 0 saturated carbocycles. The Bertz CT molecular complexity index is 1170. The molecule has 1 aliphatic heterocycles. The third kappa shape index (κ3) is 4.80. The van der Waals surface area contributed by atoms with E-state index in [1.165, 1.54) is 28.6 Å². The molecule has 0 bridgehead atoms. The number of rotatable bonds is 8. The topological polar surface area (TPSA) is 106 Å².